The second-order valence-corrected chi connectivity index (χ2v) is 6.25. The third-order valence-corrected chi connectivity index (χ3v) is 5.13. The van der Waals surface area contributed by atoms with Crippen LogP contribution in [0.5, 0.6) is 0 Å². The van der Waals surface area contributed by atoms with Crippen LogP contribution < -0.4 is 5.73 Å². The van der Waals surface area contributed by atoms with Gasteiger partial charge in [-0.2, -0.15) is 4.31 Å². The zero-order chi connectivity index (χ0) is 12.6. The summed E-state index contributed by atoms with van der Waals surface area (Å²) < 4.78 is 25.7. The zero-order valence-electron chi connectivity index (χ0n) is 9.01. The van der Waals surface area contributed by atoms with Crippen LogP contribution in [-0.2, 0) is 10.0 Å². The van der Waals surface area contributed by atoms with E-state index in [-0.39, 0.29) is 28.7 Å². The summed E-state index contributed by atoms with van der Waals surface area (Å²) in [6.07, 6.45) is -0.183. The molecule has 0 aliphatic carbocycles. The van der Waals surface area contributed by atoms with E-state index in [4.69, 9.17) is 17.3 Å². The van der Waals surface area contributed by atoms with Gasteiger partial charge in [0.25, 0.3) is 0 Å². The van der Waals surface area contributed by atoms with E-state index < -0.39 is 16.1 Å². The Morgan fingerprint density at radius 3 is 2.71 bits per heavy atom. The quantitative estimate of drug-likeness (QED) is 0.778. The molecule has 1 aliphatic rings. The van der Waals surface area contributed by atoms with Gasteiger partial charge in [0, 0.05) is 13.1 Å². The fourth-order valence-electron chi connectivity index (χ4n) is 1.86. The highest BCUT2D eigenvalue weighted by Gasteiger charge is 2.34. The number of aliphatic hydroxyl groups excluding tert-OH is 1. The van der Waals surface area contributed by atoms with Crippen molar-refractivity contribution in [1.82, 2.24) is 4.31 Å². The molecule has 5 nitrogen and oxygen atoms in total. The normalized spacial score (nSPS) is 21.9. The maximum Gasteiger partial charge on any atom is 0.246 e. The first-order valence-corrected chi connectivity index (χ1v) is 6.97. The molecule has 0 spiro atoms. The number of β-amino-alcohol motifs (C(OH)–C–C–N with tert-alkyl or cyclic N) is 1. The van der Waals surface area contributed by atoms with E-state index in [0.29, 0.717) is 6.42 Å². The predicted octanol–water partition coefficient (Wildman–Crippen LogP) is 0.678. The molecule has 1 aromatic rings. The second-order valence-electron chi connectivity index (χ2n) is 3.96. The molecule has 1 heterocycles. The molecule has 2 rings (SSSR count). The van der Waals surface area contributed by atoms with E-state index >= 15 is 0 Å². The minimum Gasteiger partial charge on any atom is -0.398 e. The number of benzene rings is 1. The van der Waals surface area contributed by atoms with Crippen molar-refractivity contribution in [3.8, 4) is 0 Å². The van der Waals surface area contributed by atoms with E-state index in [0.717, 1.165) is 0 Å². The van der Waals surface area contributed by atoms with Crippen LogP contribution in [0.15, 0.2) is 23.1 Å². The highest BCUT2D eigenvalue weighted by atomic mass is 35.5. The van der Waals surface area contributed by atoms with Gasteiger partial charge in [0.2, 0.25) is 10.0 Å². The lowest BCUT2D eigenvalue weighted by Crippen LogP contribution is -2.30. The van der Waals surface area contributed by atoms with Crippen molar-refractivity contribution in [1.29, 1.82) is 0 Å². The molecule has 0 saturated carbocycles. The number of hydrogen-bond donors (Lipinski definition) is 2. The summed E-state index contributed by atoms with van der Waals surface area (Å²) in [6, 6.07) is 4.57. The summed E-state index contributed by atoms with van der Waals surface area (Å²) in [7, 11) is -3.72. The molecular weight excluding hydrogens is 264 g/mol. The molecule has 17 heavy (non-hydrogen) atoms. The minimum absolute atomic E-state index is 0.0734. The number of nitrogen functional groups attached to an aromatic ring is 1. The Hall–Kier alpha value is -0.820. The topological polar surface area (TPSA) is 83.6 Å². The Morgan fingerprint density at radius 1 is 1.47 bits per heavy atom. The molecule has 0 aromatic heterocycles. The van der Waals surface area contributed by atoms with Crippen LogP contribution in [0.1, 0.15) is 6.42 Å². The summed E-state index contributed by atoms with van der Waals surface area (Å²) in [6.45, 7) is 0.376. The summed E-state index contributed by atoms with van der Waals surface area (Å²) in [4.78, 5) is -0.0734. The molecule has 0 radical (unpaired) electrons. The molecule has 1 aliphatic heterocycles. The van der Waals surface area contributed by atoms with Crippen molar-refractivity contribution in [2.24, 2.45) is 0 Å². The predicted molar refractivity (Wildman–Crippen MR) is 65.2 cm³/mol. The second kappa shape index (κ2) is 4.45. The van der Waals surface area contributed by atoms with Gasteiger partial charge in [0.1, 0.15) is 4.90 Å². The Labute approximate surface area is 105 Å². The fourth-order valence-corrected chi connectivity index (χ4v) is 3.98. The molecule has 1 fully saturated rings. The highest BCUT2D eigenvalue weighted by Crippen LogP contribution is 2.31. The van der Waals surface area contributed by atoms with Crippen LogP contribution in [0.3, 0.4) is 0 Å². The number of anilines is 1. The van der Waals surface area contributed by atoms with Gasteiger partial charge in [0.15, 0.2) is 0 Å². The van der Waals surface area contributed by atoms with E-state index in [1.807, 2.05) is 0 Å². The number of rotatable bonds is 2. The zero-order valence-corrected chi connectivity index (χ0v) is 10.6. The van der Waals surface area contributed by atoms with Gasteiger partial charge in [-0.05, 0) is 18.6 Å². The van der Waals surface area contributed by atoms with E-state index in [9.17, 15) is 13.5 Å². The smallest absolute Gasteiger partial charge is 0.246 e. The number of nitrogens with zero attached hydrogens (tertiary/aromatic N) is 1. The van der Waals surface area contributed by atoms with Gasteiger partial charge >= 0.3 is 0 Å². The maximum absolute atomic E-state index is 12.3. The molecule has 7 heteroatoms. The first-order chi connectivity index (χ1) is 7.93. The maximum atomic E-state index is 12.3. The molecule has 0 amide bonds. The number of aliphatic hydroxyl groups is 1. The van der Waals surface area contributed by atoms with Gasteiger partial charge in [0.05, 0.1) is 16.8 Å². The molecule has 1 aromatic carbocycles. The van der Waals surface area contributed by atoms with Crippen LogP contribution in [0.2, 0.25) is 5.02 Å². The van der Waals surface area contributed by atoms with Crippen LogP contribution in [0.25, 0.3) is 0 Å². The Kier molecular flexibility index (Phi) is 3.31. The lowest BCUT2D eigenvalue weighted by Gasteiger charge is -2.17. The van der Waals surface area contributed by atoms with Crippen LogP contribution in [0, 0.1) is 0 Å². The number of hydrogen-bond acceptors (Lipinski definition) is 4. The Morgan fingerprint density at radius 2 is 2.18 bits per heavy atom. The lowest BCUT2D eigenvalue weighted by molar-refractivity contribution is 0.189. The third kappa shape index (κ3) is 2.26. The van der Waals surface area contributed by atoms with Gasteiger partial charge in [-0.15, -0.1) is 0 Å². The lowest BCUT2D eigenvalue weighted by atomic mass is 10.3. The van der Waals surface area contributed by atoms with E-state index in [1.165, 1.54) is 16.4 Å². The standard InChI is InChI=1S/C10H13ClN2O3S/c11-8-2-1-3-9(12)10(8)17(15,16)13-5-4-7(14)6-13/h1-3,7,14H,4-6,12H2/t7-/m0/s1. The average Bonchev–Trinajstić information content (AvgIpc) is 2.64. The first kappa shape index (κ1) is 12.6. The van der Waals surface area contributed by atoms with Crippen molar-refractivity contribution in [3.63, 3.8) is 0 Å². The van der Waals surface area contributed by atoms with Gasteiger partial charge < -0.3 is 10.8 Å². The number of nitrogens with two attached hydrogens (primary N) is 1. The Balaban J connectivity index is 2.45. The monoisotopic (exact) mass is 276 g/mol. The van der Waals surface area contributed by atoms with E-state index in [2.05, 4.69) is 0 Å². The van der Waals surface area contributed by atoms with Crippen LogP contribution in [-0.4, -0.2) is 37.0 Å². The van der Waals surface area contributed by atoms with Crippen LogP contribution in [0.4, 0.5) is 5.69 Å². The van der Waals surface area contributed by atoms with Crippen molar-refractivity contribution in [2.75, 3.05) is 18.8 Å². The molecular formula is C10H13ClN2O3S. The molecule has 94 valence electrons. The summed E-state index contributed by atoms with van der Waals surface area (Å²) in [5.41, 5.74) is 5.78. The van der Waals surface area contributed by atoms with Gasteiger partial charge in [-0.3, -0.25) is 0 Å². The van der Waals surface area contributed by atoms with Crippen molar-refractivity contribution in [2.45, 2.75) is 17.4 Å². The molecule has 3 N–H and O–H groups in total. The largest absolute Gasteiger partial charge is 0.398 e. The molecule has 1 atom stereocenters. The van der Waals surface area contributed by atoms with Crippen molar-refractivity contribution in [3.05, 3.63) is 23.2 Å². The summed E-state index contributed by atoms with van der Waals surface area (Å²) in [5, 5.41) is 9.48. The SMILES string of the molecule is Nc1cccc(Cl)c1S(=O)(=O)N1CC[C@H](O)C1. The minimum atomic E-state index is -3.72. The van der Waals surface area contributed by atoms with Gasteiger partial charge in [-0.1, -0.05) is 17.7 Å². The van der Waals surface area contributed by atoms with Crippen molar-refractivity contribution < 1.29 is 13.5 Å². The third-order valence-electron chi connectivity index (χ3n) is 2.72. The summed E-state index contributed by atoms with van der Waals surface area (Å²) >= 11 is 5.88. The Bertz CT molecular complexity index is 512. The first-order valence-electron chi connectivity index (χ1n) is 5.15. The van der Waals surface area contributed by atoms with Crippen LogP contribution >= 0.6 is 11.6 Å². The number of sulfonamides is 1. The summed E-state index contributed by atoms with van der Waals surface area (Å²) in [5.74, 6) is 0. The van der Waals surface area contributed by atoms with Crippen molar-refractivity contribution >= 4 is 27.3 Å². The molecule has 0 bridgehead atoms. The average molecular weight is 277 g/mol. The van der Waals surface area contributed by atoms with E-state index in [1.54, 1.807) is 6.07 Å². The molecule has 1 saturated heterocycles. The number of halogens is 1. The van der Waals surface area contributed by atoms with Gasteiger partial charge in [-0.25, -0.2) is 8.42 Å². The molecule has 0 unspecified atom stereocenters. The fraction of sp³-hybridized carbons (Fsp3) is 0.400. The highest BCUT2D eigenvalue weighted by molar-refractivity contribution is 7.89.